The van der Waals surface area contributed by atoms with Gasteiger partial charge in [0, 0.05) is 6.20 Å². The van der Waals surface area contributed by atoms with Gasteiger partial charge in [0.25, 0.3) is 5.91 Å². The van der Waals surface area contributed by atoms with Crippen molar-refractivity contribution in [1.82, 2.24) is 4.98 Å². The van der Waals surface area contributed by atoms with Crippen LogP contribution in [0, 0.1) is 0 Å². The highest BCUT2D eigenvalue weighted by Crippen LogP contribution is 2.24. The molecule has 5 nitrogen and oxygen atoms in total. The second-order valence-electron chi connectivity index (χ2n) is 3.75. The number of benzene rings is 1. The number of hydrogen-bond acceptors (Lipinski definition) is 4. The quantitative estimate of drug-likeness (QED) is 0.904. The van der Waals surface area contributed by atoms with Crippen molar-refractivity contribution in [2.75, 3.05) is 18.2 Å². The van der Waals surface area contributed by atoms with Gasteiger partial charge in [-0.3, -0.25) is 4.79 Å². The van der Waals surface area contributed by atoms with Gasteiger partial charge in [0.15, 0.2) is 0 Å². The van der Waals surface area contributed by atoms with Gasteiger partial charge in [-0.25, -0.2) is 4.98 Å². The van der Waals surface area contributed by atoms with Crippen LogP contribution in [-0.4, -0.2) is 18.0 Å². The number of para-hydroxylation sites is 2. The second-order valence-corrected chi connectivity index (χ2v) is 4.15. The first kappa shape index (κ1) is 13.2. The van der Waals surface area contributed by atoms with E-state index in [-0.39, 0.29) is 16.7 Å². The number of ether oxygens (including phenoxy) is 1. The van der Waals surface area contributed by atoms with Crippen molar-refractivity contribution in [2.24, 2.45) is 0 Å². The van der Waals surface area contributed by atoms with Crippen LogP contribution in [0.3, 0.4) is 0 Å². The van der Waals surface area contributed by atoms with E-state index in [9.17, 15) is 4.79 Å². The average Bonchev–Trinajstić information content (AvgIpc) is 2.42. The third kappa shape index (κ3) is 2.95. The Morgan fingerprint density at radius 1 is 1.42 bits per heavy atom. The number of halogens is 1. The van der Waals surface area contributed by atoms with E-state index >= 15 is 0 Å². The van der Waals surface area contributed by atoms with Crippen molar-refractivity contribution >= 4 is 29.0 Å². The van der Waals surface area contributed by atoms with E-state index < -0.39 is 0 Å². The topological polar surface area (TPSA) is 77.2 Å². The van der Waals surface area contributed by atoms with Crippen molar-refractivity contribution in [3.8, 4) is 5.75 Å². The maximum absolute atomic E-state index is 12.0. The standard InChI is InChI=1S/C13H12ClN3O2/c1-19-11-5-3-2-4-10(11)17-13(18)8-6-9(14)12(15)16-7-8/h2-7H,1H3,(H2,15,16)(H,17,18). The summed E-state index contributed by atoms with van der Waals surface area (Å²) in [7, 11) is 1.53. The third-order valence-corrected chi connectivity index (χ3v) is 2.79. The first-order valence-corrected chi connectivity index (χ1v) is 5.85. The molecule has 1 amide bonds. The number of nitrogens with zero attached hydrogens (tertiary/aromatic N) is 1. The summed E-state index contributed by atoms with van der Waals surface area (Å²) in [6.07, 6.45) is 1.37. The molecule has 1 heterocycles. The van der Waals surface area contributed by atoms with E-state index in [0.717, 1.165) is 0 Å². The van der Waals surface area contributed by atoms with Crippen LogP contribution in [0.5, 0.6) is 5.75 Å². The molecule has 0 spiro atoms. The van der Waals surface area contributed by atoms with Crippen molar-refractivity contribution in [1.29, 1.82) is 0 Å². The Morgan fingerprint density at radius 3 is 2.84 bits per heavy atom. The first-order chi connectivity index (χ1) is 9.11. The minimum absolute atomic E-state index is 0.190. The molecule has 6 heteroatoms. The summed E-state index contributed by atoms with van der Waals surface area (Å²) in [4.78, 5) is 15.9. The van der Waals surface area contributed by atoms with E-state index in [1.807, 2.05) is 6.07 Å². The smallest absolute Gasteiger partial charge is 0.257 e. The van der Waals surface area contributed by atoms with Gasteiger partial charge >= 0.3 is 0 Å². The van der Waals surface area contributed by atoms with Crippen LogP contribution in [-0.2, 0) is 0 Å². The molecular formula is C13H12ClN3O2. The lowest BCUT2D eigenvalue weighted by Gasteiger charge is -2.09. The summed E-state index contributed by atoms with van der Waals surface area (Å²) < 4.78 is 5.15. The molecule has 2 rings (SSSR count). The monoisotopic (exact) mass is 277 g/mol. The molecule has 1 aromatic carbocycles. The fourth-order valence-electron chi connectivity index (χ4n) is 1.52. The highest BCUT2D eigenvalue weighted by atomic mass is 35.5. The number of hydrogen-bond donors (Lipinski definition) is 2. The lowest BCUT2D eigenvalue weighted by molar-refractivity contribution is 0.102. The van der Waals surface area contributed by atoms with E-state index in [0.29, 0.717) is 17.0 Å². The van der Waals surface area contributed by atoms with Crippen LogP contribution in [0.4, 0.5) is 11.5 Å². The Bertz CT molecular complexity index is 617. The van der Waals surface area contributed by atoms with Crippen LogP contribution in [0.2, 0.25) is 5.02 Å². The number of carbonyl (C=O) groups excluding carboxylic acids is 1. The molecule has 0 atom stereocenters. The third-order valence-electron chi connectivity index (χ3n) is 2.49. The van der Waals surface area contributed by atoms with Crippen LogP contribution < -0.4 is 15.8 Å². The molecule has 0 saturated carbocycles. The SMILES string of the molecule is COc1ccccc1NC(=O)c1cnc(N)c(Cl)c1. The van der Waals surface area contributed by atoms with Gasteiger partial charge in [0.1, 0.15) is 11.6 Å². The predicted octanol–water partition coefficient (Wildman–Crippen LogP) is 2.58. The lowest BCUT2D eigenvalue weighted by atomic mass is 10.2. The zero-order valence-corrected chi connectivity index (χ0v) is 10.9. The summed E-state index contributed by atoms with van der Waals surface area (Å²) in [6, 6.07) is 8.57. The number of nitrogens with two attached hydrogens (primary N) is 1. The number of carbonyl (C=O) groups is 1. The molecule has 19 heavy (non-hydrogen) atoms. The molecule has 0 saturated heterocycles. The summed E-state index contributed by atoms with van der Waals surface area (Å²) in [5.41, 5.74) is 6.39. The maximum Gasteiger partial charge on any atom is 0.257 e. The Labute approximate surface area is 115 Å². The number of aromatic nitrogens is 1. The van der Waals surface area contributed by atoms with Gasteiger partial charge in [-0.1, -0.05) is 23.7 Å². The van der Waals surface area contributed by atoms with Crippen molar-refractivity contribution in [2.45, 2.75) is 0 Å². The number of methoxy groups -OCH3 is 1. The minimum atomic E-state index is -0.334. The molecular weight excluding hydrogens is 266 g/mol. The Kier molecular flexibility index (Phi) is 3.87. The molecule has 0 fully saturated rings. The molecule has 0 bridgehead atoms. The lowest BCUT2D eigenvalue weighted by Crippen LogP contribution is -2.13. The molecule has 0 aliphatic carbocycles. The second kappa shape index (κ2) is 5.58. The largest absolute Gasteiger partial charge is 0.495 e. The van der Waals surface area contributed by atoms with Crippen molar-refractivity contribution < 1.29 is 9.53 Å². The summed E-state index contributed by atoms with van der Waals surface area (Å²) >= 11 is 5.83. The van der Waals surface area contributed by atoms with Gasteiger partial charge in [-0.05, 0) is 18.2 Å². The number of rotatable bonds is 3. The molecule has 3 N–H and O–H groups in total. The predicted molar refractivity (Wildman–Crippen MR) is 74.6 cm³/mol. The number of amides is 1. The van der Waals surface area contributed by atoms with E-state index in [1.165, 1.54) is 19.4 Å². The van der Waals surface area contributed by atoms with Crippen molar-refractivity contribution in [3.63, 3.8) is 0 Å². The highest BCUT2D eigenvalue weighted by molar-refractivity contribution is 6.33. The number of nitrogen functional groups attached to an aromatic ring is 1. The van der Waals surface area contributed by atoms with Gasteiger partial charge in [-0.2, -0.15) is 0 Å². The van der Waals surface area contributed by atoms with E-state index in [4.69, 9.17) is 22.1 Å². The molecule has 1 aromatic heterocycles. The van der Waals surface area contributed by atoms with Crippen LogP contribution >= 0.6 is 11.6 Å². The zero-order valence-electron chi connectivity index (χ0n) is 10.2. The van der Waals surface area contributed by atoms with Gasteiger partial charge in [0.05, 0.1) is 23.4 Å². The highest BCUT2D eigenvalue weighted by Gasteiger charge is 2.11. The van der Waals surface area contributed by atoms with E-state index in [1.54, 1.807) is 18.2 Å². The van der Waals surface area contributed by atoms with Gasteiger partial charge < -0.3 is 15.8 Å². The normalized spacial score (nSPS) is 10.0. The molecule has 0 radical (unpaired) electrons. The average molecular weight is 278 g/mol. The Balaban J connectivity index is 2.23. The number of pyridine rings is 1. The zero-order chi connectivity index (χ0) is 13.8. The Hall–Kier alpha value is -2.27. The summed E-state index contributed by atoms with van der Waals surface area (Å²) in [6.45, 7) is 0. The number of anilines is 2. The summed E-state index contributed by atoms with van der Waals surface area (Å²) in [5, 5.41) is 2.96. The summed E-state index contributed by atoms with van der Waals surface area (Å²) in [5.74, 6) is 0.430. The fraction of sp³-hybridized carbons (Fsp3) is 0.0769. The Morgan fingerprint density at radius 2 is 2.16 bits per heavy atom. The molecule has 2 aromatic rings. The minimum Gasteiger partial charge on any atom is -0.495 e. The van der Waals surface area contributed by atoms with E-state index in [2.05, 4.69) is 10.3 Å². The van der Waals surface area contributed by atoms with Gasteiger partial charge in [0.2, 0.25) is 0 Å². The van der Waals surface area contributed by atoms with Gasteiger partial charge in [-0.15, -0.1) is 0 Å². The van der Waals surface area contributed by atoms with Crippen LogP contribution in [0.25, 0.3) is 0 Å². The molecule has 0 unspecified atom stereocenters. The maximum atomic E-state index is 12.0. The van der Waals surface area contributed by atoms with Crippen LogP contribution in [0.15, 0.2) is 36.5 Å². The molecule has 0 aliphatic rings. The first-order valence-electron chi connectivity index (χ1n) is 5.47. The van der Waals surface area contributed by atoms with Crippen LogP contribution in [0.1, 0.15) is 10.4 Å². The number of nitrogens with one attached hydrogen (secondary N) is 1. The fourth-order valence-corrected chi connectivity index (χ4v) is 1.68. The van der Waals surface area contributed by atoms with Crippen molar-refractivity contribution in [3.05, 3.63) is 47.1 Å². The molecule has 98 valence electrons. The molecule has 0 aliphatic heterocycles.